The zero-order valence-electron chi connectivity index (χ0n) is 29.1. The molecule has 2 heteroatoms. The van der Waals surface area contributed by atoms with Crippen LogP contribution in [0, 0.1) is 0 Å². The van der Waals surface area contributed by atoms with E-state index in [0.717, 1.165) is 11.2 Å². The Morgan fingerprint density at radius 3 is 1.65 bits per heavy atom. The molecule has 0 aliphatic rings. The summed E-state index contributed by atoms with van der Waals surface area (Å²) in [6.07, 6.45) is 0. The van der Waals surface area contributed by atoms with E-state index in [1.807, 2.05) is 11.3 Å². The lowest BCUT2D eigenvalue weighted by Crippen LogP contribution is -1.91. The van der Waals surface area contributed by atoms with Crippen molar-refractivity contribution < 1.29 is 4.42 Å². The van der Waals surface area contributed by atoms with Gasteiger partial charge in [0.2, 0.25) is 0 Å². The van der Waals surface area contributed by atoms with Gasteiger partial charge in [-0.15, -0.1) is 11.3 Å². The number of benzene rings is 10. The molecule has 0 spiro atoms. The van der Waals surface area contributed by atoms with Gasteiger partial charge in [0.1, 0.15) is 11.2 Å². The number of thiophene rings is 1. The van der Waals surface area contributed by atoms with Crippen LogP contribution in [0.2, 0.25) is 0 Å². The number of furan rings is 1. The first-order valence-corrected chi connectivity index (χ1v) is 19.3. The second-order valence-corrected chi connectivity index (χ2v) is 15.5. The largest absolute Gasteiger partial charge is 0.455 e. The van der Waals surface area contributed by atoms with E-state index >= 15 is 0 Å². The topological polar surface area (TPSA) is 13.1 Å². The highest BCUT2D eigenvalue weighted by Gasteiger charge is 2.19. The van der Waals surface area contributed by atoms with Crippen molar-refractivity contribution in [2.24, 2.45) is 0 Å². The van der Waals surface area contributed by atoms with Gasteiger partial charge in [-0.2, -0.15) is 0 Å². The van der Waals surface area contributed by atoms with E-state index in [1.54, 1.807) is 0 Å². The van der Waals surface area contributed by atoms with Gasteiger partial charge in [0.15, 0.2) is 0 Å². The van der Waals surface area contributed by atoms with Crippen molar-refractivity contribution in [3.05, 3.63) is 182 Å². The van der Waals surface area contributed by atoms with Gasteiger partial charge in [-0.05, 0) is 113 Å². The molecule has 2 aromatic heterocycles. The molecule has 0 bridgehead atoms. The Bertz CT molecular complexity index is 3450. The van der Waals surface area contributed by atoms with Crippen LogP contribution in [-0.2, 0) is 0 Å². The quantitative estimate of drug-likeness (QED) is 0.167. The van der Waals surface area contributed by atoms with Crippen LogP contribution in [0.15, 0.2) is 186 Å². The highest BCUT2D eigenvalue weighted by molar-refractivity contribution is 7.26. The summed E-state index contributed by atoms with van der Waals surface area (Å²) in [5.74, 6) is 0. The summed E-state index contributed by atoms with van der Waals surface area (Å²) < 4.78 is 9.16. The van der Waals surface area contributed by atoms with Crippen LogP contribution < -0.4 is 0 Å². The lowest BCUT2D eigenvalue weighted by molar-refractivity contribution is 0.673. The first kappa shape index (κ1) is 29.8. The van der Waals surface area contributed by atoms with Crippen LogP contribution >= 0.6 is 11.3 Å². The minimum absolute atomic E-state index is 0.939. The molecule has 0 saturated heterocycles. The molecule has 0 radical (unpaired) electrons. The van der Waals surface area contributed by atoms with E-state index in [9.17, 15) is 0 Å². The highest BCUT2D eigenvalue weighted by Crippen LogP contribution is 2.47. The van der Waals surface area contributed by atoms with Crippen molar-refractivity contribution in [2.45, 2.75) is 0 Å². The molecule has 0 N–H and O–H groups in total. The first-order chi connectivity index (χ1) is 26.8. The van der Waals surface area contributed by atoms with Crippen LogP contribution in [0.25, 0.3) is 119 Å². The molecular formula is C52H30OS. The minimum Gasteiger partial charge on any atom is -0.455 e. The normalized spacial score (nSPS) is 12.1. The van der Waals surface area contributed by atoms with Gasteiger partial charge in [-0.1, -0.05) is 146 Å². The fraction of sp³-hybridized carbons (Fsp3) is 0. The molecule has 10 aromatic carbocycles. The Labute approximate surface area is 314 Å². The molecule has 12 aromatic rings. The molecule has 0 aliphatic heterocycles. The summed E-state index contributed by atoms with van der Waals surface area (Å²) in [6, 6.07) is 66.8. The molecule has 1 nitrogen and oxygen atoms in total. The average Bonchev–Trinajstić information content (AvgIpc) is 3.81. The maximum atomic E-state index is 6.65. The Balaban J connectivity index is 1.03. The summed E-state index contributed by atoms with van der Waals surface area (Å²) in [4.78, 5) is 0. The van der Waals surface area contributed by atoms with Gasteiger partial charge < -0.3 is 4.42 Å². The number of fused-ring (bicyclic) bond motifs is 12. The molecule has 0 unspecified atom stereocenters. The molecule has 0 aliphatic carbocycles. The average molecular weight is 703 g/mol. The van der Waals surface area contributed by atoms with Crippen molar-refractivity contribution in [3.8, 4) is 33.4 Å². The summed E-state index contributed by atoms with van der Waals surface area (Å²) in [7, 11) is 0. The zero-order valence-corrected chi connectivity index (χ0v) is 30.0. The smallest absolute Gasteiger partial charge is 0.144 e. The van der Waals surface area contributed by atoms with Gasteiger partial charge >= 0.3 is 0 Å². The molecule has 0 saturated carbocycles. The van der Waals surface area contributed by atoms with Crippen molar-refractivity contribution in [3.63, 3.8) is 0 Å². The third-order valence-corrected chi connectivity index (χ3v) is 12.5. The summed E-state index contributed by atoms with van der Waals surface area (Å²) in [5, 5.41) is 14.9. The third kappa shape index (κ3) is 4.32. The fourth-order valence-electron chi connectivity index (χ4n) is 8.99. The van der Waals surface area contributed by atoms with Crippen molar-refractivity contribution in [1.29, 1.82) is 0 Å². The Kier molecular flexibility index (Phi) is 6.28. The van der Waals surface area contributed by atoms with Crippen molar-refractivity contribution in [2.75, 3.05) is 0 Å². The monoisotopic (exact) mass is 702 g/mol. The SMILES string of the molecule is c1cc(-c2ccc3c(c2)sc2ccc4c(oc5ccc6ccccc6c54)c23)cc(-c2c3ccccc3c(-c3ccc4ccccc4c3)c3ccccc23)c1. The Morgan fingerprint density at radius 1 is 0.315 bits per heavy atom. The molecule has 0 atom stereocenters. The molecule has 54 heavy (non-hydrogen) atoms. The Morgan fingerprint density at radius 2 is 0.889 bits per heavy atom. The molecule has 12 rings (SSSR count). The zero-order chi connectivity index (χ0) is 35.3. The molecule has 250 valence electrons. The van der Waals surface area contributed by atoms with Gasteiger partial charge in [0.05, 0.1) is 0 Å². The van der Waals surface area contributed by atoms with Crippen LogP contribution in [-0.4, -0.2) is 0 Å². The van der Waals surface area contributed by atoms with Crippen molar-refractivity contribution >= 4 is 96.5 Å². The highest BCUT2D eigenvalue weighted by atomic mass is 32.1. The lowest BCUT2D eigenvalue weighted by atomic mass is 9.85. The van der Waals surface area contributed by atoms with E-state index < -0.39 is 0 Å². The van der Waals surface area contributed by atoms with Crippen LogP contribution in [0.5, 0.6) is 0 Å². The van der Waals surface area contributed by atoms with Crippen LogP contribution in [0.1, 0.15) is 0 Å². The predicted octanol–water partition coefficient (Wildman–Crippen LogP) is 15.6. The molecular weight excluding hydrogens is 673 g/mol. The standard InChI is InChI=1S/C52H30OS/c1-2-12-33-28-37(21-20-31(33)10-1)49-41-18-7-5-16-39(41)48(40-17-6-8-19-42(40)49)36-14-9-13-34(29-36)35-22-24-43-47(30-35)54-46-27-25-44-50-38-15-4-3-11-32(38)23-26-45(50)53-52(44)51(43)46/h1-30H. The van der Waals surface area contributed by atoms with E-state index in [4.69, 9.17) is 4.42 Å². The second-order valence-electron chi connectivity index (χ2n) is 14.4. The molecule has 0 amide bonds. The van der Waals surface area contributed by atoms with Crippen LogP contribution in [0.3, 0.4) is 0 Å². The summed E-state index contributed by atoms with van der Waals surface area (Å²) in [5.41, 5.74) is 9.36. The summed E-state index contributed by atoms with van der Waals surface area (Å²) in [6.45, 7) is 0. The van der Waals surface area contributed by atoms with E-state index in [1.165, 1.54) is 107 Å². The molecule has 2 heterocycles. The van der Waals surface area contributed by atoms with Gasteiger partial charge in [0.25, 0.3) is 0 Å². The van der Waals surface area contributed by atoms with Gasteiger partial charge in [0, 0.05) is 30.9 Å². The van der Waals surface area contributed by atoms with Gasteiger partial charge in [-0.3, -0.25) is 0 Å². The maximum absolute atomic E-state index is 6.65. The predicted molar refractivity (Wildman–Crippen MR) is 233 cm³/mol. The molecule has 0 fully saturated rings. The number of hydrogen-bond donors (Lipinski definition) is 0. The maximum Gasteiger partial charge on any atom is 0.144 e. The fourth-order valence-corrected chi connectivity index (χ4v) is 10.1. The summed E-state index contributed by atoms with van der Waals surface area (Å²) >= 11 is 1.84. The van der Waals surface area contributed by atoms with Gasteiger partial charge in [-0.25, -0.2) is 0 Å². The minimum atomic E-state index is 0.939. The second kappa shape index (κ2) is 11.4. The van der Waals surface area contributed by atoms with Crippen LogP contribution in [0.4, 0.5) is 0 Å². The first-order valence-electron chi connectivity index (χ1n) is 18.5. The number of rotatable bonds is 3. The Hall–Kier alpha value is -6.74. The van der Waals surface area contributed by atoms with E-state index in [-0.39, 0.29) is 0 Å². The third-order valence-electron chi connectivity index (χ3n) is 11.4. The van der Waals surface area contributed by atoms with E-state index in [2.05, 4.69) is 182 Å². The number of hydrogen-bond acceptors (Lipinski definition) is 2. The van der Waals surface area contributed by atoms with E-state index in [0.29, 0.717) is 0 Å². The van der Waals surface area contributed by atoms with Crippen molar-refractivity contribution in [1.82, 2.24) is 0 Å². The lowest BCUT2D eigenvalue weighted by Gasteiger charge is -2.18.